The molecule has 2 rings (SSSR count). The fraction of sp³-hybridized carbons (Fsp3) is 0.312. The number of amides is 1. The number of ether oxygens (including phenoxy) is 1. The van der Waals surface area contributed by atoms with Crippen molar-refractivity contribution in [1.82, 2.24) is 5.16 Å². The first-order valence-corrected chi connectivity index (χ1v) is 7.79. The maximum absolute atomic E-state index is 12.2. The summed E-state index contributed by atoms with van der Waals surface area (Å²) in [5.41, 5.74) is 2.36. The summed E-state index contributed by atoms with van der Waals surface area (Å²) >= 11 is 3.38. The minimum atomic E-state index is -0.954. The van der Waals surface area contributed by atoms with Crippen LogP contribution in [0.25, 0.3) is 0 Å². The topological polar surface area (TPSA) is 81.4 Å². The summed E-state index contributed by atoms with van der Waals surface area (Å²) in [7, 11) is 0. The Morgan fingerprint density at radius 1 is 1.30 bits per heavy atom. The molecule has 6 nitrogen and oxygen atoms in total. The SMILES string of the molecule is Cc1ccc(NC(=O)[C@H](C)OC(=O)c2c(C)noc2C)c(Br)c1. The highest BCUT2D eigenvalue weighted by Gasteiger charge is 2.24. The van der Waals surface area contributed by atoms with Gasteiger partial charge in [0.05, 0.1) is 11.4 Å². The highest BCUT2D eigenvalue weighted by molar-refractivity contribution is 9.10. The largest absolute Gasteiger partial charge is 0.449 e. The Kier molecular flexibility index (Phi) is 5.20. The van der Waals surface area contributed by atoms with Crippen molar-refractivity contribution in [2.45, 2.75) is 33.8 Å². The summed E-state index contributed by atoms with van der Waals surface area (Å²) in [6.45, 7) is 6.71. The smallest absolute Gasteiger partial charge is 0.344 e. The number of aryl methyl sites for hydroxylation is 3. The lowest BCUT2D eigenvalue weighted by Gasteiger charge is -2.14. The number of anilines is 1. The number of carbonyl (C=O) groups is 2. The van der Waals surface area contributed by atoms with E-state index in [9.17, 15) is 9.59 Å². The van der Waals surface area contributed by atoms with Crippen molar-refractivity contribution in [3.63, 3.8) is 0 Å². The Balaban J connectivity index is 2.04. The van der Waals surface area contributed by atoms with Crippen LogP contribution in [0.15, 0.2) is 27.2 Å². The molecular weight excluding hydrogens is 364 g/mol. The van der Waals surface area contributed by atoms with Gasteiger partial charge >= 0.3 is 5.97 Å². The third kappa shape index (κ3) is 3.98. The van der Waals surface area contributed by atoms with Gasteiger partial charge in [-0.15, -0.1) is 0 Å². The third-order valence-corrected chi connectivity index (χ3v) is 3.93. The number of rotatable bonds is 4. The van der Waals surface area contributed by atoms with Crippen LogP contribution in [-0.2, 0) is 9.53 Å². The molecule has 1 aromatic heterocycles. The lowest BCUT2D eigenvalue weighted by Crippen LogP contribution is -2.30. The molecule has 0 bridgehead atoms. The second-order valence-electron chi connectivity index (χ2n) is 5.22. The van der Waals surface area contributed by atoms with E-state index in [4.69, 9.17) is 9.26 Å². The number of carbonyl (C=O) groups excluding carboxylic acids is 2. The summed E-state index contributed by atoms with van der Waals surface area (Å²) in [6, 6.07) is 5.54. The normalized spacial score (nSPS) is 11.9. The van der Waals surface area contributed by atoms with Crippen LogP contribution in [0.2, 0.25) is 0 Å². The molecule has 122 valence electrons. The average molecular weight is 381 g/mol. The second kappa shape index (κ2) is 6.95. The van der Waals surface area contributed by atoms with Gasteiger partial charge in [0.2, 0.25) is 0 Å². The molecule has 1 N–H and O–H groups in total. The van der Waals surface area contributed by atoms with Crippen molar-refractivity contribution in [1.29, 1.82) is 0 Å². The van der Waals surface area contributed by atoms with Crippen LogP contribution in [0, 0.1) is 20.8 Å². The average Bonchev–Trinajstić information content (AvgIpc) is 2.81. The molecule has 0 radical (unpaired) electrons. The van der Waals surface area contributed by atoms with Gasteiger partial charge in [-0.1, -0.05) is 11.2 Å². The number of benzene rings is 1. The van der Waals surface area contributed by atoms with Gasteiger partial charge in [-0.3, -0.25) is 4.79 Å². The van der Waals surface area contributed by atoms with Gasteiger partial charge in [0.1, 0.15) is 11.3 Å². The molecule has 1 atom stereocenters. The van der Waals surface area contributed by atoms with Crippen LogP contribution >= 0.6 is 15.9 Å². The minimum Gasteiger partial charge on any atom is -0.449 e. The number of hydrogen-bond donors (Lipinski definition) is 1. The molecule has 1 amide bonds. The minimum absolute atomic E-state index is 0.251. The molecule has 1 aromatic carbocycles. The van der Waals surface area contributed by atoms with E-state index in [0.29, 0.717) is 17.1 Å². The summed E-state index contributed by atoms with van der Waals surface area (Å²) in [4.78, 5) is 24.3. The van der Waals surface area contributed by atoms with Gasteiger partial charge < -0.3 is 14.6 Å². The summed E-state index contributed by atoms with van der Waals surface area (Å²) < 4.78 is 10.9. The van der Waals surface area contributed by atoms with Crippen molar-refractivity contribution in [3.8, 4) is 0 Å². The Bertz CT molecular complexity index is 735. The van der Waals surface area contributed by atoms with E-state index < -0.39 is 18.0 Å². The van der Waals surface area contributed by atoms with E-state index in [0.717, 1.165) is 10.0 Å². The zero-order valence-corrected chi connectivity index (χ0v) is 14.9. The quantitative estimate of drug-likeness (QED) is 0.820. The third-order valence-electron chi connectivity index (χ3n) is 3.27. The predicted molar refractivity (Wildman–Crippen MR) is 88.4 cm³/mol. The Labute approximate surface area is 142 Å². The molecule has 0 aliphatic heterocycles. The monoisotopic (exact) mass is 380 g/mol. The first kappa shape index (κ1) is 17.2. The zero-order chi connectivity index (χ0) is 17.1. The molecule has 0 unspecified atom stereocenters. The molecule has 0 spiro atoms. The maximum atomic E-state index is 12.2. The highest BCUT2D eigenvalue weighted by Crippen LogP contribution is 2.23. The van der Waals surface area contributed by atoms with Crippen LogP contribution in [0.1, 0.15) is 34.3 Å². The molecule has 1 heterocycles. The van der Waals surface area contributed by atoms with E-state index in [2.05, 4.69) is 26.4 Å². The van der Waals surface area contributed by atoms with Gasteiger partial charge in [0, 0.05) is 4.47 Å². The molecule has 0 aliphatic rings. The lowest BCUT2D eigenvalue weighted by molar-refractivity contribution is -0.123. The first-order chi connectivity index (χ1) is 10.8. The van der Waals surface area contributed by atoms with Gasteiger partial charge in [-0.05, 0) is 61.3 Å². The van der Waals surface area contributed by atoms with Crippen LogP contribution in [-0.4, -0.2) is 23.1 Å². The highest BCUT2D eigenvalue weighted by atomic mass is 79.9. The molecule has 0 saturated heterocycles. The van der Waals surface area contributed by atoms with Gasteiger partial charge in [-0.2, -0.15) is 0 Å². The van der Waals surface area contributed by atoms with Gasteiger partial charge in [0.15, 0.2) is 6.10 Å². The van der Waals surface area contributed by atoms with Crippen molar-refractivity contribution in [2.75, 3.05) is 5.32 Å². The first-order valence-electron chi connectivity index (χ1n) is 7.00. The number of aromatic nitrogens is 1. The fourth-order valence-corrected chi connectivity index (χ4v) is 2.60. The zero-order valence-electron chi connectivity index (χ0n) is 13.3. The fourth-order valence-electron chi connectivity index (χ4n) is 2.00. The van der Waals surface area contributed by atoms with E-state index in [1.807, 2.05) is 19.1 Å². The van der Waals surface area contributed by atoms with E-state index in [1.165, 1.54) is 6.92 Å². The predicted octanol–water partition coefficient (Wildman–Crippen LogP) is 3.55. The number of esters is 1. The van der Waals surface area contributed by atoms with E-state index in [1.54, 1.807) is 19.9 Å². The second-order valence-corrected chi connectivity index (χ2v) is 6.07. The van der Waals surface area contributed by atoms with E-state index >= 15 is 0 Å². The molecule has 23 heavy (non-hydrogen) atoms. The summed E-state index contributed by atoms with van der Waals surface area (Å²) in [5.74, 6) is -0.692. The molecular formula is C16H17BrN2O4. The molecule has 0 fully saturated rings. The van der Waals surface area contributed by atoms with Gasteiger partial charge in [-0.25, -0.2) is 4.79 Å². The summed E-state index contributed by atoms with van der Waals surface area (Å²) in [6.07, 6.45) is -0.954. The number of nitrogens with zero attached hydrogens (tertiary/aromatic N) is 1. The van der Waals surface area contributed by atoms with Crippen molar-refractivity contribution < 1.29 is 18.8 Å². The van der Waals surface area contributed by atoms with Crippen LogP contribution in [0.3, 0.4) is 0 Å². The maximum Gasteiger partial charge on any atom is 0.344 e. The van der Waals surface area contributed by atoms with Gasteiger partial charge in [0.25, 0.3) is 5.91 Å². The van der Waals surface area contributed by atoms with Crippen LogP contribution in [0.5, 0.6) is 0 Å². The van der Waals surface area contributed by atoms with Crippen LogP contribution in [0.4, 0.5) is 5.69 Å². The Hall–Kier alpha value is -2.15. The van der Waals surface area contributed by atoms with Crippen molar-refractivity contribution in [2.24, 2.45) is 0 Å². The number of halogens is 1. The lowest BCUT2D eigenvalue weighted by atomic mass is 10.2. The standard InChI is InChI=1S/C16H17BrN2O4/c1-8-5-6-13(12(17)7-8)18-15(20)11(4)22-16(21)14-9(2)19-23-10(14)3/h5-7,11H,1-4H3,(H,18,20)/t11-/m0/s1. The molecule has 0 aliphatic carbocycles. The summed E-state index contributed by atoms with van der Waals surface area (Å²) in [5, 5.41) is 6.41. The van der Waals surface area contributed by atoms with Crippen molar-refractivity contribution in [3.05, 3.63) is 45.3 Å². The number of hydrogen-bond acceptors (Lipinski definition) is 5. The molecule has 0 saturated carbocycles. The van der Waals surface area contributed by atoms with Crippen LogP contribution < -0.4 is 5.32 Å². The van der Waals surface area contributed by atoms with E-state index in [-0.39, 0.29) is 5.56 Å². The molecule has 2 aromatic rings. The molecule has 7 heteroatoms. The number of nitrogens with one attached hydrogen (secondary N) is 1. The van der Waals surface area contributed by atoms with Crippen molar-refractivity contribution >= 4 is 33.5 Å². The Morgan fingerprint density at radius 2 is 2.00 bits per heavy atom. The Morgan fingerprint density at radius 3 is 2.57 bits per heavy atom.